The van der Waals surface area contributed by atoms with Crippen LogP contribution in [0.25, 0.3) is 0 Å². The van der Waals surface area contributed by atoms with Gasteiger partial charge in [-0.1, -0.05) is 0 Å². The van der Waals surface area contributed by atoms with Crippen LogP contribution in [0.3, 0.4) is 0 Å². The minimum atomic E-state index is -3.40. The maximum Gasteiger partial charge on any atom is 0.410 e. The van der Waals surface area contributed by atoms with Crippen LogP contribution in [0.2, 0.25) is 0 Å². The highest BCUT2D eigenvalue weighted by Crippen LogP contribution is 2.20. The normalized spacial score (nSPS) is 20.0. The van der Waals surface area contributed by atoms with Gasteiger partial charge in [0, 0.05) is 19.1 Å². The first-order valence-electron chi connectivity index (χ1n) is 7.79. The molecule has 8 heteroatoms. The molecular weight excluding hydrogens is 306 g/mol. The summed E-state index contributed by atoms with van der Waals surface area (Å²) >= 11 is 0. The van der Waals surface area contributed by atoms with Crippen LogP contribution in [0, 0.1) is 0 Å². The number of nitrogens with one attached hydrogen (secondary N) is 1. The van der Waals surface area contributed by atoms with Crippen molar-refractivity contribution in [3.8, 4) is 0 Å². The zero-order valence-corrected chi connectivity index (χ0v) is 14.6. The molecule has 3 N–H and O–H groups in total. The summed E-state index contributed by atoms with van der Waals surface area (Å²) in [5, 5.41) is 8.16. The SMILES string of the molecule is CC(C)(C)OC(=O)N1CCCCC1CNCCCS(N)(=O)=O. The van der Waals surface area contributed by atoms with Crippen molar-refractivity contribution in [1.82, 2.24) is 10.2 Å². The van der Waals surface area contributed by atoms with Crippen molar-refractivity contribution >= 4 is 16.1 Å². The van der Waals surface area contributed by atoms with Gasteiger partial charge in [-0.15, -0.1) is 0 Å². The monoisotopic (exact) mass is 335 g/mol. The summed E-state index contributed by atoms with van der Waals surface area (Å²) in [5.74, 6) is -0.0273. The Hall–Kier alpha value is -0.860. The molecule has 1 fully saturated rings. The van der Waals surface area contributed by atoms with Crippen LogP contribution in [0.5, 0.6) is 0 Å². The van der Waals surface area contributed by atoms with E-state index in [-0.39, 0.29) is 17.9 Å². The summed E-state index contributed by atoms with van der Waals surface area (Å²) in [4.78, 5) is 14.0. The number of primary sulfonamides is 1. The Kier molecular flexibility index (Phi) is 7.08. The van der Waals surface area contributed by atoms with Crippen molar-refractivity contribution in [2.45, 2.75) is 58.1 Å². The molecule has 0 aromatic rings. The molecule has 7 nitrogen and oxygen atoms in total. The van der Waals surface area contributed by atoms with E-state index in [2.05, 4.69) is 5.32 Å². The third-order valence-electron chi connectivity index (χ3n) is 3.42. The number of rotatable bonds is 6. The lowest BCUT2D eigenvalue weighted by Crippen LogP contribution is -2.50. The van der Waals surface area contributed by atoms with Crippen molar-refractivity contribution in [3.05, 3.63) is 0 Å². The number of hydrogen-bond acceptors (Lipinski definition) is 5. The Bertz CT molecular complexity index is 459. The number of carbonyl (C=O) groups is 1. The minimum absolute atomic E-state index is 0.0273. The van der Waals surface area contributed by atoms with E-state index in [0.717, 1.165) is 19.3 Å². The molecule has 0 bridgehead atoms. The molecule has 0 aromatic carbocycles. The molecule has 1 heterocycles. The van der Waals surface area contributed by atoms with Crippen molar-refractivity contribution < 1.29 is 17.9 Å². The smallest absolute Gasteiger partial charge is 0.410 e. The van der Waals surface area contributed by atoms with Crippen molar-refractivity contribution in [3.63, 3.8) is 0 Å². The number of piperidine rings is 1. The first kappa shape index (κ1) is 19.2. The summed E-state index contributed by atoms with van der Waals surface area (Å²) in [6.07, 6.45) is 3.20. The first-order chi connectivity index (χ1) is 10.1. The van der Waals surface area contributed by atoms with Crippen LogP contribution >= 0.6 is 0 Å². The molecule has 1 saturated heterocycles. The van der Waals surface area contributed by atoms with Gasteiger partial charge in [-0.05, 0) is 53.0 Å². The molecule has 130 valence electrons. The van der Waals surface area contributed by atoms with E-state index in [1.54, 1.807) is 4.90 Å². The van der Waals surface area contributed by atoms with Crippen LogP contribution in [0.1, 0.15) is 46.5 Å². The lowest BCUT2D eigenvalue weighted by Gasteiger charge is -2.37. The summed E-state index contributed by atoms with van der Waals surface area (Å²) in [6.45, 7) is 7.48. The number of amides is 1. The number of sulfonamides is 1. The number of nitrogens with two attached hydrogens (primary N) is 1. The van der Waals surface area contributed by atoms with E-state index in [1.807, 2.05) is 20.8 Å². The predicted octanol–water partition coefficient (Wildman–Crippen LogP) is 1.04. The second-order valence-corrected chi connectivity index (χ2v) is 8.48. The molecule has 1 aliphatic heterocycles. The number of ether oxygens (including phenoxy) is 1. The molecule has 1 atom stereocenters. The summed E-state index contributed by atoms with van der Waals surface area (Å²) in [7, 11) is -3.40. The Morgan fingerprint density at radius 3 is 2.64 bits per heavy atom. The highest BCUT2D eigenvalue weighted by molar-refractivity contribution is 7.89. The molecule has 0 radical (unpaired) electrons. The molecule has 22 heavy (non-hydrogen) atoms. The second kappa shape index (κ2) is 8.12. The first-order valence-corrected chi connectivity index (χ1v) is 9.51. The molecule has 1 amide bonds. The average Bonchev–Trinajstić information content (AvgIpc) is 2.35. The van der Waals surface area contributed by atoms with Crippen molar-refractivity contribution in [2.24, 2.45) is 5.14 Å². The van der Waals surface area contributed by atoms with Gasteiger partial charge < -0.3 is 15.0 Å². The summed E-state index contributed by atoms with van der Waals surface area (Å²) < 4.78 is 27.1. The van der Waals surface area contributed by atoms with Gasteiger partial charge in [0.25, 0.3) is 0 Å². The maximum atomic E-state index is 12.2. The second-order valence-electron chi connectivity index (χ2n) is 6.75. The topological polar surface area (TPSA) is 102 Å². The number of likely N-dealkylation sites (tertiary alicyclic amines) is 1. The zero-order chi connectivity index (χ0) is 16.8. The van der Waals surface area contributed by atoms with Gasteiger partial charge in [0.05, 0.1) is 5.75 Å². The zero-order valence-electron chi connectivity index (χ0n) is 13.8. The highest BCUT2D eigenvalue weighted by atomic mass is 32.2. The molecule has 1 aliphatic rings. The highest BCUT2D eigenvalue weighted by Gasteiger charge is 2.30. The Morgan fingerprint density at radius 2 is 2.05 bits per heavy atom. The molecule has 1 unspecified atom stereocenters. The fraction of sp³-hybridized carbons (Fsp3) is 0.929. The van der Waals surface area contributed by atoms with Crippen LogP contribution < -0.4 is 10.5 Å². The fourth-order valence-corrected chi connectivity index (χ4v) is 2.99. The van der Waals surface area contributed by atoms with E-state index < -0.39 is 15.6 Å². The number of carbonyl (C=O) groups excluding carboxylic acids is 1. The average molecular weight is 335 g/mol. The molecule has 0 saturated carbocycles. The van der Waals surface area contributed by atoms with Gasteiger partial charge in [-0.25, -0.2) is 18.4 Å². The minimum Gasteiger partial charge on any atom is -0.444 e. The Balaban J connectivity index is 2.40. The number of hydrogen-bond donors (Lipinski definition) is 2. The molecular formula is C14H29N3O4S. The predicted molar refractivity (Wildman–Crippen MR) is 86.0 cm³/mol. The van der Waals surface area contributed by atoms with Crippen molar-refractivity contribution in [2.75, 3.05) is 25.4 Å². The fourth-order valence-electron chi connectivity index (χ4n) is 2.44. The third-order valence-corrected chi connectivity index (χ3v) is 4.28. The molecule has 0 aromatic heterocycles. The van der Waals surface area contributed by atoms with E-state index in [4.69, 9.17) is 9.88 Å². The summed E-state index contributed by atoms with van der Waals surface area (Å²) in [5.41, 5.74) is -0.498. The standard InChI is InChI=1S/C14H29N3O4S/c1-14(2,3)21-13(18)17-9-5-4-7-12(17)11-16-8-6-10-22(15,19)20/h12,16H,4-11H2,1-3H3,(H2,15,19,20). The largest absolute Gasteiger partial charge is 0.444 e. The van der Waals surface area contributed by atoms with Gasteiger partial charge in [-0.3, -0.25) is 0 Å². The van der Waals surface area contributed by atoms with Crippen LogP contribution in [-0.2, 0) is 14.8 Å². The van der Waals surface area contributed by atoms with Crippen molar-refractivity contribution in [1.29, 1.82) is 0 Å². The summed E-state index contributed by atoms with van der Waals surface area (Å²) in [6, 6.07) is 0.0954. The maximum absolute atomic E-state index is 12.2. The Morgan fingerprint density at radius 1 is 1.36 bits per heavy atom. The van der Waals surface area contributed by atoms with Gasteiger partial charge in [0.2, 0.25) is 10.0 Å². The molecule has 0 spiro atoms. The molecule has 0 aliphatic carbocycles. The lowest BCUT2D eigenvalue weighted by atomic mass is 10.0. The van der Waals surface area contributed by atoms with Crippen LogP contribution in [0.4, 0.5) is 4.79 Å². The lowest BCUT2D eigenvalue weighted by molar-refractivity contribution is 0.00999. The number of nitrogens with zero attached hydrogens (tertiary/aromatic N) is 1. The van der Waals surface area contributed by atoms with Gasteiger partial charge >= 0.3 is 6.09 Å². The third kappa shape index (κ3) is 7.95. The van der Waals surface area contributed by atoms with Crippen LogP contribution in [0.15, 0.2) is 0 Å². The van der Waals surface area contributed by atoms with Gasteiger partial charge in [-0.2, -0.15) is 0 Å². The van der Waals surface area contributed by atoms with E-state index >= 15 is 0 Å². The van der Waals surface area contributed by atoms with Gasteiger partial charge in [0.1, 0.15) is 5.60 Å². The van der Waals surface area contributed by atoms with E-state index in [1.165, 1.54) is 0 Å². The van der Waals surface area contributed by atoms with Crippen LogP contribution in [-0.4, -0.2) is 56.4 Å². The van der Waals surface area contributed by atoms with E-state index in [9.17, 15) is 13.2 Å². The van der Waals surface area contributed by atoms with E-state index in [0.29, 0.717) is 26.1 Å². The van der Waals surface area contributed by atoms with Gasteiger partial charge in [0.15, 0.2) is 0 Å². The Labute approximate surface area is 133 Å². The quantitative estimate of drug-likeness (QED) is 0.706. The molecule has 1 rings (SSSR count).